The molecular weight excluding hydrogens is 1160 g/mol. The summed E-state index contributed by atoms with van der Waals surface area (Å²) in [6.07, 6.45) is 6.91. The number of hydrogen-bond acceptors (Lipinski definition) is 17. The van der Waals surface area contributed by atoms with Crippen LogP contribution in [-0.4, -0.2) is 193 Å². The van der Waals surface area contributed by atoms with E-state index in [1.165, 1.54) is 44.3 Å². The monoisotopic (exact) mass is 1260 g/mol. The van der Waals surface area contributed by atoms with Gasteiger partial charge in [-0.15, -0.1) is 0 Å². The van der Waals surface area contributed by atoms with Gasteiger partial charge in [-0.25, -0.2) is 4.79 Å². The van der Waals surface area contributed by atoms with E-state index in [4.69, 9.17) is 23.7 Å². The summed E-state index contributed by atoms with van der Waals surface area (Å²) in [4.78, 5) is 156. The first kappa shape index (κ1) is 72.5. The largest absolute Gasteiger partial charge is 0.462 e. The lowest BCUT2D eigenvalue weighted by Crippen LogP contribution is -2.60. The van der Waals surface area contributed by atoms with Crippen molar-refractivity contribution in [3.05, 3.63) is 35.9 Å². The zero-order chi connectivity index (χ0) is 65.7. The van der Waals surface area contributed by atoms with Crippen LogP contribution in [0.3, 0.4) is 0 Å². The van der Waals surface area contributed by atoms with Gasteiger partial charge < -0.3 is 64.8 Å². The maximum absolute atomic E-state index is 14.6. The molecule has 7 amide bonds. The third kappa shape index (κ3) is 21.5. The highest BCUT2D eigenvalue weighted by Gasteiger charge is 2.53. The fraction of sp³-hybridized carbons (Fsp3) is 0.742. The summed E-state index contributed by atoms with van der Waals surface area (Å²) < 4.78 is 29.7. The molecular formula is C66H101N7O17. The van der Waals surface area contributed by atoms with Crippen LogP contribution in [0.5, 0.6) is 0 Å². The number of nitrogens with zero attached hydrogens (tertiary/aromatic N) is 3. The number of likely N-dealkylation sites (N-methyl/N-ethyl adjacent to an activating group) is 2. The number of aliphatic hydroxyl groups is 1. The Balaban J connectivity index is 1.19. The summed E-state index contributed by atoms with van der Waals surface area (Å²) in [6.45, 7) is 8.07. The molecule has 0 unspecified atom stereocenters. The lowest BCUT2D eigenvalue weighted by atomic mass is 9.78. The van der Waals surface area contributed by atoms with Gasteiger partial charge in [0.15, 0.2) is 0 Å². The smallest absolute Gasteiger partial charge is 0.329 e. The standard InChI is InChI=1S/C66H101N7O17/c1-41(2)35-51-61(80)70-49(37-45-19-13-12-14-20-45)63(82)71(6)40-57(76)68-33-32-67-56(75)39-53(42(3)36-46-25-28-52(54(38-46)86-8)88-59(78)31-30-58(77)87-47-21-15-10-9-11-16-22-47)89-65(84)50-23-17-18-34-73(50)64(83)60(79)66(85)43(4)24-26-48(90-66)27-29-55(74)69-44(5)62(81)72(51)7/h12-14,19-20,41-44,46-54,85H,9-11,15-18,21-40H2,1-8H3,(H,67,75)(H,68,76)(H,69,74)(H,70,80)/t42-,43-,44+,46+,48+,49+,50+,51+,52-,53+,54-,66-/m1/s1. The second-order valence-electron chi connectivity index (χ2n) is 26.2. The number of Topliss-reactive ketones (excluding diaryl/α,β-unsaturated/α-hetero) is 1. The van der Waals surface area contributed by atoms with Crippen molar-refractivity contribution in [3.8, 4) is 0 Å². The normalized spacial score (nSPS) is 30.0. The minimum absolute atomic E-state index is 0.00309. The summed E-state index contributed by atoms with van der Waals surface area (Å²) >= 11 is 0. The second-order valence-corrected chi connectivity index (χ2v) is 26.2. The highest BCUT2D eigenvalue weighted by molar-refractivity contribution is 6.39. The van der Waals surface area contributed by atoms with Crippen LogP contribution in [0.2, 0.25) is 0 Å². The molecule has 1 aromatic rings. The van der Waals surface area contributed by atoms with Crippen molar-refractivity contribution in [2.45, 2.75) is 243 Å². The van der Waals surface area contributed by atoms with Gasteiger partial charge >= 0.3 is 17.9 Å². The number of cyclic esters (lactones) is 1. The van der Waals surface area contributed by atoms with Crippen molar-refractivity contribution in [1.29, 1.82) is 0 Å². The van der Waals surface area contributed by atoms with Gasteiger partial charge in [-0.05, 0) is 127 Å². The Morgan fingerprint density at radius 2 is 1.38 bits per heavy atom. The average Bonchev–Trinajstić information content (AvgIpc) is 0.933. The molecule has 5 aliphatic rings. The number of ketones is 1. The molecule has 2 aliphatic carbocycles. The lowest BCUT2D eigenvalue weighted by molar-refractivity contribution is -0.263. The van der Waals surface area contributed by atoms with Crippen molar-refractivity contribution in [2.75, 3.05) is 47.4 Å². The number of nitrogens with one attached hydrogen (secondary N) is 4. The molecule has 3 saturated heterocycles. The number of carbonyl (C=O) groups excluding carboxylic acids is 11. The maximum atomic E-state index is 14.6. The van der Waals surface area contributed by atoms with Crippen LogP contribution in [0.4, 0.5) is 0 Å². The highest BCUT2D eigenvalue weighted by atomic mass is 16.6. The fourth-order valence-corrected chi connectivity index (χ4v) is 13.1. The quantitative estimate of drug-likeness (QED) is 0.103. The Labute approximate surface area is 530 Å². The number of benzene rings is 1. The molecule has 24 nitrogen and oxygen atoms in total. The minimum atomic E-state index is -2.62. The second kappa shape index (κ2) is 35.3. The van der Waals surface area contributed by atoms with Crippen LogP contribution in [0.15, 0.2) is 30.3 Å². The van der Waals surface area contributed by atoms with Gasteiger partial charge in [0.05, 0.1) is 38.0 Å². The summed E-state index contributed by atoms with van der Waals surface area (Å²) in [5, 5.41) is 23.1. The number of methoxy groups -OCH3 is 1. The van der Waals surface area contributed by atoms with E-state index in [0.29, 0.717) is 50.5 Å². The molecule has 6 rings (SSSR count). The summed E-state index contributed by atoms with van der Waals surface area (Å²) in [5.74, 6) is -11.8. The Morgan fingerprint density at radius 3 is 2.06 bits per heavy atom. The van der Waals surface area contributed by atoms with Gasteiger partial charge in [0.1, 0.15) is 42.5 Å². The van der Waals surface area contributed by atoms with Gasteiger partial charge in [0, 0.05) is 59.6 Å². The van der Waals surface area contributed by atoms with Gasteiger partial charge in [-0.2, -0.15) is 0 Å². The van der Waals surface area contributed by atoms with E-state index in [9.17, 15) is 57.8 Å². The predicted molar refractivity (Wildman–Crippen MR) is 329 cm³/mol. The average molecular weight is 1260 g/mol. The first-order valence-corrected chi connectivity index (χ1v) is 32.9. The van der Waals surface area contributed by atoms with Crippen molar-refractivity contribution < 1.29 is 81.5 Å². The van der Waals surface area contributed by atoms with Crippen LogP contribution in [0.25, 0.3) is 0 Å². The molecule has 502 valence electrons. The molecule has 0 spiro atoms. The number of rotatable bonds is 13. The topological polar surface area (TPSA) is 312 Å². The third-order valence-corrected chi connectivity index (χ3v) is 18.5. The van der Waals surface area contributed by atoms with Gasteiger partial charge in [0.25, 0.3) is 11.7 Å². The molecule has 5 N–H and O–H groups in total. The Bertz CT molecular complexity index is 2620. The van der Waals surface area contributed by atoms with Crippen LogP contribution < -0.4 is 21.3 Å². The minimum Gasteiger partial charge on any atom is -0.462 e. The summed E-state index contributed by atoms with van der Waals surface area (Å²) in [6, 6.07) is 4.34. The van der Waals surface area contributed by atoms with Gasteiger partial charge in [0.2, 0.25) is 41.2 Å². The summed E-state index contributed by atoms with van der Waals surface area (Å²) in [7, 11) is 4.39. The van der Waals surface area contributed by atoms with E-state index in [0.717, 1.165) is 43.4 Å². The molecule has 2 bridgehead atoms. The molecule has 5 fully saturated rings. The zero-order valence-electron chi connectivity index (χ0n) is 54.3. The molecule has 2 saturated carbocycles. The molecule has 90 heavy (non-hydrogen) atoms. The van der Waals surface area contributed by atoms with E-state index in [2.05, 4.69) is 21.3 Å². The molecule has 12 atom stereocenters. The first-order chi connectivity index (χ1) is 42.9. The Kier molecular flexibility index (Phi) is 28.5. The third-order valence-electron chi connectivity index (χ3n) is 18.5. The fourth-order valence-electron chi connectivity index (χ4n) is 13.1. The molecule has 24 heteroatoms. The maximum Gasteiger partial charge on any atom is 0.329 e. The Morgan fingerprint density at radius 1 is 0.722 bits per heavy atom. The number of amides is 7. The highest BCUT2D eigenvalue weighted by Crippen LogP contribution is 2.38. The van der Waals surface area contributed by atoms with E-state index >= 15 is 0 Å². The van der Waals surface area contributed by atoms with Crippen molar-refractivity contribution >= 4 is 65.0 Å². The summed E-state index contributed by atoms with van der Waals surface area (Å²) in [5.41, 5.74) is 0.717. The van der Waals surface area contributed by atoms with Crippen LogP contribution in [0.1, 0.15) is 181 Å². The van der Waals surface area contributed by atoms with Gasteiger partial charge in [-0.3, -0.25) is 47.9 Å². The SMILES string of the molecule is CO[C@@H]1C[C@H](C[C@@H](C)[C@@H]2CC(=O)NCCNC(=O)CN(C)C(=O)[C@H](Cc3ccccc3)NC(=O)[C@H](CC(C)C)N(C)C(=O)[C@H](C)NC(=O)CC[C@@H]3CC[C@@H](C)[C@@](O)(O3)C(=O)C(=O)N3CCCC[C@H]3C(=O)O2)CC[C@H]1OC(=O)CCC(=O)OC1CCCCCCC1. The molecule has 3 heterocycles. The number of esters is 3. The molecule has 0 radical (unpaired) electrons. The van der Waals surface area contributed by atoms with Gasteiger partial charge in [-0.1, -0.05) is 77.3 Å². The van der Waals surface area contributed by atoms with Crippen molar-refractivity contribution in [3.63, 3.8) is 0 Å². The van der Waals surface area contributed by atoms with Crippen molar-refractivity contribution in [1.82, 2.24) is 36.0 Å². The van der Waals surface area contributed by atoms with Crippen LogP contribution >= 0.6 is 0 Å². The lowest BCUT2D eigenvalue weighted by Gasteiger charge is -2.42. The van der Waals surface area contributed by atoms with Crippen molar-refractivity contribution in [2.24, 2.45) is 23.7 Å². The van der Waals surface area contributed by atoms with Crippen LogP contribution in [-0.2, 0) is 82.8 Å². The number of fused-ring (bicyclic) bond motifs is 3. The zero-order valence-corrected chi connectivity index (χ0v) is 54.3. The predicted octanol–water partition coefficient (Wildman–Crippen LogP) is 4.52. The number of piperidine rings is 1. The number of hydrogen-bond donors (Lipinski definition) is 5. The molecule has 3 aliphatic heterocycles. The van der Waals surface area contributed by atoms with E-state index in [1.54, 1.807) is 31.2 Å². The van der Waals surface area contributed by atoms with Crippen LogP contribution in [0, 0.1) is 23.7 Å². The van der Waals surface area contributed by atoms with E-state index in [1.807, 2.05) is 26.8 Å². The number of ether oxygens (including phenoxy) is 5. The number of carbonyl (C=O) groups is 11. The molecule has 1 aromatic carbocycles. The molecule has 0 aromatic heterocycles. The Hall–Kier alpha value is -6.53. The van der Waals surface area contributed by atoms with E-state index in [-0.39, 0.29) is 95.4 Å². The van der Waals surface area contributed by atoms with E-state index < -0.39 is 138 Å². The first-order valence-electron chi connectivity index (χ1n) is 32.9.